The largest absolute Gasteiger partial charge is 0.369 e. The highest BCUT2D eigenvalue weighted by Crippen LogP contribution is 2.18. The van der Waals surface area contributed by atoms with E-state index in [4.69, 9.17) is 5.73 Å². The van der Waals surface area contributed by atoms with Gasteiger partial charge in [0.2, 0.25) is 0 Å². The van der Waals surface area contributed by atoms with E-state index in [0.29, 0.717) is 0 Å². The molecule has 1 atom stereocenters. The second kappa shape index (κ2) is 8.40. The van der Waals surface area contributed by atoms with Gasteiger partial charge in [-0.1, -0.05) is 19.1 Å². The van der Waals surface area contributed by atoms with Crippen molar-refractivity contribution >= 4 is 5.69 Å². The SMILES string of the molecule is Cc1cccc(N2CCN(CCCC(C)CCN)CC2)c1. The average Bonchev–Trinajstić information content (AvgIpc) is 2.48. The Bertz CT molecular complexity index is 411. The number of anilines is 1. The Morgan fingerprint density at radius 3 is 2.57 bits per heavy atom. The average molecular weight is 289 g/mol. The number of hydrogen-bond acceptors (Lipinski definition) is 3. The van der Waals surface area contributed by atoms with Crippen LogP contribution < -0.4 is 10.6 Å². The number of hydrogen-bond donors (Lipinski definition) is 1. The van der Waals surface area contributed by atoms with Crippen molar-refractivity contribution in [3.8, 4) is 0 Å². The summed E-state index contributed by atoms with van der Waals surface area (Å²) in [6.07, 6.45) is 3.79. The molecule has 1 aromatic carbocycles. The summed E-state index contributed by atoms with van der Waals surface area (Å²) in [6.45, 7) is 11.3. The lowest BCUT2D eigenvalue weighted by molar-refractivity contribution is 0.247. The molecule has 1 saturated heterocycles. The zero-order valence-corrected chi connectivity index (χ0v) is 13.7. The molecule has 0 aromatic heterocycles. The van der Waals surface area contributed by atoms with Gasteiger partial charge in [0.15, 0.2) is 0 Å². The van der Waals surface area contributed by atoms with Crippen LogP contribution in [0.2, 0.25) is 0 Å². The van der Waals surface area contributed by atoms with Crippen LogP contribution in [0, 0.1) is 12.8 Å². The van der Waals surface area contributed by atoms with Crippen LogP contribution >= 0.6 is 0 Å². The number of aryl methyl sites for hydroxylation is 1. The number of nitrogens with zero attached hydrogens (tertiary/aromatic N) is 2. The lowest BCUT2D eigenvalue weighted by Gasteiger charge is -2.36. The molecule has 0 bridgehead atoms. The third kappa shape index (κ3) is 5.33. The summed E-state index contributed by atoms with van der Waals surface area (Å²) in [5.74, 6) is 0.781. The fourth-order valence-electron chi connectivity index (χ4n) is 3.15. The monoisotopic (exact) mass is 289 g/mol. The summed E-state index contributed by atoms with van der Waals surface area (Å²) >= 11 is 0. The summed E-state index contributed by atoms with van der Waals surface area (Å²) in [6, 6.07) is 8.86. The first-order valence-corrected chi connectivity index (χ1v) is 8.43. The first kappa shape index (κ1) is 16.3. The zero-order valence-electron chi connectivity index (χ0n) is 13.7. The molecule has 1 aliphatic heterocycles. The van der Waals surface area contributed by atoms with Gasteiger partial charge in [-0.2, -0.15) is 0 Å². The molecule has 1 fully saturated rings. The van der Waals surface area contributed by atoms with E-state index in [1.165, 1.54) is 50.1 Å². The summed E-state index contributed by atoms with van der Waals surface area (Å²) in [5.41, 5.74) is 8.34. The van der Waals surface area contributed by atoms with Crippen molar-refractivity contribution < 1.29 is 0 Å². The van der Waals surface area contributed by atoms with E-state index in [0.717, 1.165) is 25.6 Å². The summed E-state index contributed by atoms with van der Waals surface area (Å²) in [5, 5.41) is 0. The second-order valence-electron chi connectivity index (χ2n) is 6.49. The molecular weight excluding hydrogens is 258 g/mol. The van der Waals surface area contributed by atoms with Gasteiger partial charge < -0.3 is 10.6 Å². The van der Waals surface area contributed by atoms with Gasteiger partial charge in [0.05, 0.1) is 0 Å². The Hall–Kier alpha value is -1.06. The standard InChI is InChI=1S/C18H31N3/c1-16(8-9-19)6-4-10-20-11-13-21(14-12-20)18-7-3-5-17(2)15-18/h3,5,7,15-16H,4,6,8-14,19H2,1-2H3. The molecule has 1 unspecified atom stereocenters. The van der Waals surface area contributed by atoms with Gasteiger partial charge in [0.1, 0.15) is 0 Å². The van der Waals surface area contributed by atoms with E-state index < -0.39 is 0 Å². The Balaban J connectivity index is 1.69. The molecule has 3 heteroatoms. The number of piperazine rings is 1. The first-order chi connectivity index (χ1) is 10.2. The summed E-state index contributed by atoms with van der Waals surface area (Å²) in [7, 11) is 0. The minimum absolute atomic E-state index is 0.781. The van der Waals surface area contributed by atoms with E-state index >= 15 is 0 Å². The smallest absolute Gasteiger partial charge is 0.0369 e. The van der Waals surface area contributed by atoms with Crippen LogP contribution in [0.25, 0.3) is 0 Å². The van der Waals surface area contributed by atoms with Crippen LogP contribution in [0.3, 0.4) is 0 Å². The third-order valence-electron chi connectivity index (χ3n) is 4.57. The van der Waals surface area contributed by atoms with E-state index in [9.17, 15) is 0 Å². The van der Waals surface area contributed by atoms with Crippen LogP contribution in [-0.4, -0.2) is 44.2 Å². The maximum Gasteiger partial charge on any atom is 0.0369 e. The van der Waals surface area contributed by atoms with Crippen molar-refractivity contribution in [2.45, 2.75) is 33.1 Å². The summed E-state index contributed by atoms with van der Waals surface area (Å²) in [4.78, 5) is 5.13. The Labute approximate surface area is 130 Å². The summed E-state index contributed by atoms with van der Waals surface area (Å²) < 4.78 is 0. The van der Waals surface area contributed by atoms with Crippen molar-refractivity contribution in [2.24, 2.45) is 11.7 Å². The van der Waals surface area contributed by atoms with Crippen molar-refractivity contribution in [2.75, 3.05) is 44.2 Å². The predicted molar refractivity (Wildman–Crippen MR) is 91.9 cm³/mol. The Morgan fingerprint density at radius 1 is 1.14 bits per heavy atom. The van der Waals surface area contributed by atoms with Crippen molar-refractivity contribution in [3.63, 3.8) is 0 Å². The quantitative estimate of drug-likeness (QED) is 0.838. The first-order valence-electron chi connectivity index (χ1n) is 8.43. The molecule has 2 N–H and O–H groups in total. The van der Waals surface area contributed by atoms with Crippen LogP contribution in [0.1, 0.15) is 31.7 Å². The maximum atomic E-state index is 5.61. The van der Waals surface area contributed by atoms with Crippen molar-refractivity contribution in [1.29, 1.82) is 0 Å². The number of benzene rings is 1. The molecular formula is C18H31N3. The van der Waals surface area contributed by atoms with Gasteiger partial charge in [-0.3, -0.25) is 4.90 Å². The zero-order chi connectivity index (χ0) is 15.1. The van der Waals surface area contributed by atoms with Gasteiger partial charge in [0, 0.05) is 31.9 Å². The lowest BCUT2D eigenvalue weighted by Crippen LogP contribution is -2.46. The fraction of sp³-hybridized carbons (Fsp3) is 0.667. The van der Waals surface area contributed by atoms with Crippen LogP contribution in [0.4, 0.5) is 5.69 Å². The predicted octanol–water partition coefficient (Wildman–Crippen LogP) is 2.88. The van der Waals surface area contributed by atoms with E-state index in [-0.39, 0.29) is 0 Å². The molecule has 0 radical (unpaired) electrons. The van der Waals surface area contributed by atoms with Gasteiger partial charge in [-0.15, -0.1) is 0 Å². The maximum absolute atomic E-state index is 5.61. The van der Waals surface area contributed by atoms with Gasteiger partial charge in [0.25, 0.3) is 0 Å². The Morgan fingerprint density at radius 2 is 1.90 bits per heavy atom. The van der Waals surface area contributed by atoms with Crippen molar-refractivity contribution in [3.05, 3.63) is 29.8 Å². The molecule has 2 rings (SSSR count). The lowest BCUT2D eigenvalue weighted by atomic mass is 10.0. The second-order valence-corrected chi connectivity index (χ2v) is 6.49. The van der Waals surface area contributed by atoms with E-state index in [2.05, 4.69) is 47.9 Å². The van der Waals surface area contributed by atoms with Crippen molar-refractivity contribution in [1.82, 2.24) is 4.90 Å². The topological polar surface area (TPSA) is 32.5 Å². The normalized spacial score (nSPS) is 18.0. The van der Waals surface area contributed by atoms with E-state index in [1.54, 1.807) is 0 Å². The molecule has 0 saturated carbocycles. The number of nitrogens with two attached hydrogens (primary N) is 1. The molecule has 3 nitrogen and oxygen atoms in total. The molecule has 21 heavy (non-hydrogen) atoms. The number of rotatable bonds is 7. The van der Waals surface area contributed by atoms with Crippen LogP contribution in [-0.2, 0) is 0 Å². The van der Waals surface area contributed by atoms with Crippen LogP contribution in [0.15, 0.2) is 24.3 Å². The highest BCUT2D eigenvalue weighted by atomic mass is 15.3. The highest BCUT2D eigenvalue weighted by molar-refractivity contribution is 5.48. The highest BCUT2D eigenvalue weighted by Gasteiger charge is 2.16. The Kier molecular flexibility index (Phi) is 6.52. The third-order valence-corrected chi connectivity index (χ3v) is 4.57. The molecule has 1 heterocycles. The van der Waals surface area contributed by atoms with Gasteiger partial charge in [-0.25, -0.2) is 0 Å². The molecule has 1 aliphatic rings. The molecule has 0 spiro atoms. The fourth-order valence-corrected chi connectivity index (χ4v) is 3.15. The molecule has 0 aliphatic carbocycles. The minimum atomic E-state index is 0.781. The molecule has 118 valence electrons. The van der Waals surface area contributed by atoms with E-state index in [1.807, 2.05) is 0 Å². The van der Waals surface area contributed by atoms with Gasteiger partial charge in [-0.05, 0) is 62.9 Å². The van der Waals surface area contributed by atoms with Gasteiger partial charge >= 0.3 is 0 Å². The molecule has 0 amide bonds. The molecule has 1 aromatic rings. The van der Waals surface area contributed by atoms with Crippen LogP contribution in [0.5, 0.6) is 0 Å². The minimum Gasteiger partial charge on any atom is -0.369 e.